The number of hydrogen-bond donors (Lipinski definition) is 1. The van der Waals surface area contributed by atoms with Gasteiger partial charge in [0, 0.05) is 28.1 Å². The summed E-state index contributed by atoms with van der Waals surface area (Å²) in [4.78, 5) is 8.74. The lowest BCUT2D eigenvalue weighted by atomic mass is 10.1. The number of nitrogens with one attached hydrogen (secondary N) is 1. The molecule has 4 nitrogen and oxygen atoms in total. The molecule has 0 spiro atoms. The summed E-state index contributed by atoms with van der Waals surface area (Å²) in [6.07, 6.45) is 1.78. The van der Waals surface area contributed by atoms with Gasteiger partial charge in [-0.1, -0.05) is 84.9 Å². The first kappa shape index (κ1) is 19.9. The molecule has 4 aromatic carbocycles. The van der Waals surface area contributed by atoms with Gasteiger partial charge in [-0.25, -0.2) is 4.99 Å². The van der Waals surface area contributed by atoms with Crippen LogP contribution in [-0.4, -0.2) is 21.9 Å². The van der Waals surface area contributed by atoms with Crippen LogP contribution in [0.1, 0.15) is 11.1 Å². The highest BCUT2D eigenvalue weighted by Crippen LogP contribution is 2.32. The number of amidine groups is 2. The first-order valence-electron chi connectivity index (χ1n) is 10.2. The third-order valence-electron chi connectivity index (χ3n) is 5.32. The smallest absolute Gasteiger partial charge is 0.216 e. The molecule has 0 saturated carbocycles. The number of hydrogen-bond acceptors (Lipinski definition) is 1. The lowest BCUT2D eigenvalue weighted by molar-refractivity contribution is 1.17. The summed E-state index contributed by atoms with van der Waals surface area (Å²) in [5.41, 5.74) is 5.01. The normalized spacial score (nSPS) is 12.1. The van der Waals surface area contributed by atoms with Crippen LogP contribution in [0.4, 0.5) is 0 Å². The number of aromatic nitrogens is 1. The lowest BCUT2D eigenvalue weighted by Gasteiger charge is -2.11. The molecule has 5 heteroatoms. The van der Waals surface area contributed by atoms with E-state index in [4.69, 9.17) is 17.0 Å². The molecule has 0 aliphatic heterocycles. The number of benzene rings is 4. The minimum absolute atomic E-state index is 0.309. The number of halogens is 1. The van der Waals surface area contributed by atoms with Crippen LogP contribution >= 0.6 is 11.6 Å². The molecule has 1 heterocycles. The molecule has 0 fully saturated rings. The van der Waals surface area contributed by atoms with Crippen molar-refractivity contribution in [3.8, 4) is 5.69 Å². The van der Waals surface area contributed by atoms with Crippen LogP contribution in [0.25, 0.3) is 27.5 Å². The van der Waals surface area contributed by atoms with Gasteiger partial charge >= 0.3 is 0 Å². The number of para-hydroxylation sites is 3. The lowest BCUT2D eigenvalue weighted by Crippen LogP contribution is -2.03. The Morgan fingerprint density at radius 1 is 0.719 bits per heavy atom. The molecule has 0 unspecified atom stereocenters. The molecule has 5 aromatic rings. The molecule has 0 aliphatic rings. The van der Waals surface area contributed by atoms with Crippen LogP contribution in [0.2, 0.25) is 0 Å². The summed E-state index contributed by atoms with van der Waals surface area (Å²) in [6, 6.07) is 34.5. The predicted octanol–water partition coefficient (Wildman–Crippen LogP) is 6.82. The second kappa shape index (κ2) is 8.61. The maximum atomic E-state index is 7.59. The van der Waals surface area contributed by atoms with Gasteiger partial charge in [0.1, 0.15) is 0 Å². The van der Waals surface area contributed by atoms with E-state index in [0.29, 0.717) is 5.84 Å². The first-order valence-corrected chi connectivity index (χ1v) is 10.6. The van der Waals surface area contributed by atoms with Gasteiger partial charge in [-0.2, -0.15) is 4.99 Å². The molecular weight excluding hydrogens is 416 g/mol. The van der Waals surface area contributed by atoms with Gasteiger partial charge < -0.3 is 4.57 Å². The van der Waals surface area contributed by atoms with Crippen LogP contribution in [0.15, 0.2) is 113 Å². The van der Waals surface area contributed by atoms with E-state index >= 15 is 0 Å². The van der Waals surface area contributed by atoms with Gasteiger partial charge in [0.2, 0.25) is 5.29 Å². The van der Waals surface area contributed by atoms with Crippen LogP contribution in [0.3, 0.4) is 0 Å². The van der Waals surface area contributed by atoms with Crippen molar-refractivity contribution in [2.75, 3.05) is 0 Å². The second-order valence-corrected chi connectivity index (χ2v) is 7.64. The summed E-state index contributed by atoms with van der Waals surface area (Å²) in [7, 11) is 0. The largest absolute Gasteiger partial charge is 0.309 e. The molecule has 0 atom stereocenters. The standard InChI is InChI=1S/C27H19ClN4/c28-27(29)31-26(19-10-2-1-3-11-19)30-18-20-12-4-7-15-23(20)32-24-16-8-5-13-21(24)22-14-6-9-17-25(22)32/h1-18,29H/b29-27?,30-18+,31-26-. The molecule has 32 heavy (non-hydrogen) atoms. The predicted molar refractivity (Wildman–Crippen MR) is 135 cm³/mol. The Morgan fingerprint density at radius 2 is 1.28 bits per heavy atom. The molecule has 0 amide bonds. The highest BCUT2D eigenvalue weighted by Gasteiger charge is 2.13. The van der Waals surface area contributed by atoms with Crippen molar-refractivity contribution in [1.29, 1.82) is 5.41 Å². The van der Waals surface area contributed by atoms with Crippen LogP contribution in [0.5, 0.6) is 0 Å². The highest BCUT2D eigenvalue weighted by atomic mass is 35.5. The SMILES string of the molecule is N=C(Cl)/N=C(\N=C\c1ccccc1-n1c2ccccc2c2ccccc21)c1ccccc1. The molecule has 154 valence electrons. The third-order valence-corrected chi connectivity index (χ3v) is 5.40. The summed E-state index contributed by atoms with van der Waals surface area (Å²) >= 11 is 5.77. The Balaban J connectivity index is 1.68. The first-order chi connectivity index (χ1) is 15.7. The fourth-order valence-electron chi connectivity index (χ4n) is 3.96. The zero-order valence-electron chi connectivity index (χ0n) is 17.1. The summed E-state index contributed by atoms with van der Waals surface area (Å²) in [5, 5.41) is 9.70. The number of aliphatic imine (C=N–C) groups is 2. The Hall–Kier alpha value is -4.02. The molecule has 0 radical (unpaired) electrons. The molecule has 1 N–H and O–H groups in total. The maximum Gasteiger partial charge on any atom is 0.216 e. The van der Waals surface area contributed by atoms with E-state index in [0.717, 1.165) is 27.8 Å². The van der Waals surface area contributed by atoms with Gasteiger partial charge in [-0.15, -0.1) is 0 Å². The van der Waals surface area contributed by atoms with E-state index < -0.39 is 0 Å². The Bertz CT molecular complexity index is 1440. The highest BCUT2D eigenvalue weighted by molar-refractivity contribution is 6.64. The van der Waals surface area contributed by atoms with Gasteiger partial charge in [-0.3, -0.25) is 5.41 Å². The van der Waals surface area contributed by atoms with E-state index in [1.165, 1.54) is 10.8 Å². The molecular formula is C27H19ClN4. The number of nitrogens with zero attached hydrogens (tertiary/aromatic N) is 3. The minimum Gasteiger partial charge on any atom is -0.309 e. The van der Waals surface area contributed by atoms with Crippen molar-refractivity contribution in [1.82, 2.24) is 4.57 Å². The second-order valence-electron chi connectivity index (χ2n) is 7.28. The van der Waals surface area contributed by atoms with Gasteiger partial charge in [0.25, 0.3) is 0 Å². The van der Waals surface area contributed by atoms with Crippen molar-refractivity contribution < 1.29 is 0 Å². The van der Waals surface area contributed by atoms with E-state index in [9.17, 15) is 0 Å². The van der Waals surface area contributed by atoms with Crippen LogP contribution in [-0.2, 0) is 0 Å². The molecule has 0 bridgehead atoms. The van der Waals surface area contributed by atoms with Crippen molar-refractivity contribution in [3.05, 3.63) is 114 Å². The van der Waals surface area contributed by atoms with Crippen molar-refractivity contribution in [3.63, 3.8) is 0 Å². The monoisotopic (exact) mass is 434 g/mol. The summed E-state index contributed by atoms with van der Waals surface area (Å²) in [6.45, 7) is 0. The fourth-order valence-corrected chi connectivity index (χ4v) is 4.04. The maximum absolute atomic E-state index is 7.59. The Morgan fingerprint density at radius 3 is 1.94 bits per heavy atom. The topological polar surface area (TPSA) is 53.5 Å². The van der Waals surface area contributed by atoms with Gasteiger partial charge in [0.15, 0.2) is 5.84 Å². The van der Waals surface area contributed by atoms with Gasteiger partial charge in [-0.05, 0) is 29.8 Å². The van der Waals surface area contributed by atoms with E-state index in [1.807, 2.05) is 48.5 Å². The minimum atomic E-state index is -0.309. The van der Waals surface area contributed by atoms with Crippen molar-refractivity contribution in [2.45, 2.75) is 0 Å². The average molecular weight is 435 g/mol. The number of rotatable bonds is 3. The number of fused-ring (bicyclic) bond motifs is 3. The molecule has 1 aromatic heterocycles. The Labute approximate surface area is 190 Å². The van der Waals surface area contributed by atoms with Gasteiger partial charge in [0.05, 0.1) is 16.7 Å². The third kappa shape index (κ3) is 3.72. The molecule has 0 saturated heterocycles. The molecule has 5 rings (SSSR count). The quantitative estimate of drug-likeness (QED) is 0.184. The summed E-state index contributed by atoms with van der Waals surface area (Å²) in [5.74, 6) is 0.391. The zero-order valence-corrected chi connectivity index (χ0v) is 17.9. The summed E-state index contributed by atoms with van der Waals surface area (Å²) < 4.78 is 2.26. The fraction of sp³-hybridized carbons (Fsp3) is 0. The zero-order chi connectivity index (χ0) is 21.9. The van der Waals surface area contributed by atoms with E-state index in [1.54, 1.807) is 6.21 Å². The average Bonchev–Trinajstić information content (AvgIpc) is 3.17. The van der Waals surface area contributed by atoms with Crippen LogP contribution < -0.4 is 0 Å². The van der Waals surface area contributed by atoms with Crippen LogP contribution in [0, 0.1) is 5.41 Å². The molecule has 0 aliphatic carbocycles. The van der Waals surface area contributed by atoms with E-state index in [-0.39, 0.29) is 5.29 Å². The Kier molecular flexibility index (Phi) is 5.36. The van der Waals surface area contributed by atoms with E-state index in [2.05, 4.69) is 69.1 Å². The van der Waals surface area contributed by atoms with Crippen molar-refractivity contribution >= 4 is 50.8 Å². The van der Waals surface area contributed by atoms with Crippen molar-refractivity contribution in [2.24, 2.45) is 9.98 Å².